The zero-order valence-corrected chi connectivity index (χ0v) is 24.7. The molecular formula is C29H28Cl2N4O9. The van der Waals surface area contributed by atoms with Crippen molar-refractivity contribution >= 4 is 64.6 Å². The molecule has 0 spiro atoms. The highest BCUT2D eigenvalue weighted by Gasteiger charge is 2.45. The van der Waals surface area contributed by atoms with Crippen molar-refractivity contribution < 1.29 is 43.4 Å². The first-order valence-electron chi connectivity index (χ1n) is 13.6. The van der Waals surface area contributed by atoms with E-state index >= 15 is 0 Å². The average Bonchev–Trinajstić information content (AvgIpc) is 3.11. The number of fused-ring (bicyclic) bond motifs is 1. The highest BCUT2D eigenvalue weighted by Crippen LogP contribution is 2.26. The molecule has 15 heteroatoms. The molecule has 44 heavy (non-hydrogen) atoms. The fraction of sp³-hybridized carbons (Fsp3) is 0.345. The third-order valence-electron chi connectivity index (χ3n) is 7.10. The van der Waals surface area contributed by atoms with Gasteiger partial charge in [0.05, 0.1) is 22.0 Å². The molecule has 0 radical (unpaired) electrons. The molecule has 4 amide bonds. The fourth-order valence-electron chi connectivity index (χ4n) is 4.93. The molecule has 2 heterocycles. The molecule has 2 aliphatic heterocycles. The lowest BCUT2D eigenvalue weighted by atomic mass is 10.0. The number of aliphatic carboxylic acids is 1. The van der Waals surface area contributed by atoms with E-state index in [1.165, 1.54) is 18.2 Å². The highest BCUT2D eigenvalue weighted by molar-refractivity contribution is 6.39. The average molecular weight is 647 g/mol. The number of carbonyl (C=O) groups excluding carboxylic acids is 6. The summed E-state index contributed by atoms with van der Waals surface area (Å²) in [5.41, 5.74) is 0.108. The Kier molecular flexibility index (Phi) is 10.6. The Hall–Kier alpha value is -4.49. The number of rotatable bonds is 10. The van der Waals surface area contributed by atoms with Gasteiger partial charge >= 0.3 is 11.9 Å². The van der Waals surface area contributed by atoms with Crippen molar-refractivity contribution in [3.05, 3.63) is 69.7 Å². The first-order chi connectivity index (χ1) is 21.0. The lowest BCUT2D eigenvalue weighted by Crippen LogP contribution is -2.64. The summed E-state index contributed by atoms with van der Waals surface area (Å²) in [6.45, 7) is -0.768. The Labute approximate surface area is 261 Å². The molecule has 0 aromatic heterocycles. The number of esters is 1. The second kappa shape index (κ2) is 14.3. The van der Waals surface area contributed by atoms with Crippen LogP contribution in [0.3, 0.4) is 0 Å². The van der Waals surface area contributed by atoms with Gasteiger partial charge < -0.3 is 20.5 Å². The summed E-state index contributed by atoms with van der Waals surface area (Å²) in [7, 11) is 0. The van der Waals surface area contributed by atoms with Crippen LogP contribution in [-0.4, -0.2) is 87.8 Å². The Morgan fingerprint density at radius 3 is 2.32 bits per heavy atom. The van der Waals surface area contributed by atoms with Crippen molar-refractivity contribution in [1.82, 2.24) is 20.7 Å². The van der Waals surface area contributed by atoms with Crippen molar-refractivity contribution in [2.75, 3.05) is 13.2 Å². The first kappa shape index (κ1) is 32.4. The van der Waals surface area contributed by atoms with E-state index < -0.39 is 72.5 Å². The van der Waals surface area contributed by atoms with Crippen LogP contribution in [0.15, 0.2) is 48.5 Å². The number of nitrogens with one attached hydrogen (secondary N) is 2. The summed E-state index contributed by atoms with van der Waals surface area (Å²) in [5, 5.41) is 16.4. The van der Waals surface area contributed by atoms with Crippen LogP contribution in [0.5, 0.6) is 0 Å². The van der Waals surface area contributed by atoms with E-state index in [0.717, 1.165) is 10.0 Å². The number of ketones is 1. The van der Waals surface area contributed by atoms with Crippen LogP contribution in [0.1, 0.15) is 52.8 Å². The van der Waals surface area contributed by atoms with Crippen LogP contribution in [-0.2, 0) is 28.7 Å². The van der Waals surface area contributed by atoms with Gasteiger partial charge in [0.1, 0.15) is 18.1 Å². The van der Waals surface area contributed by atoms with Crippen molar-refractivity contribution in [2.24, 2.45) is 0 Å². The van der Waals surface area contributed by atoms with Crippen LogP contribution in [0.2, 0.25) is 10.0 Å². The predicted molar refractivity (Wildman–Crippen MR) is 154 cm³/mol. The summed E-state index contributed by atoms with van der Waals surface area (Å²) in [5.74, 6) is -5.99. The number of hydrogen-bond acceptors (Lipinski definition) is 8. The van der Waals surface area contributed by atoms with E-state index in [2.05, 4.69) is 10.6 Å². The van der Waals surface area contributed by atoms with Gasteiger partial charge in [-0.05, 0) is 43.5 Å². The Bertz CT molecular complexity index is 1470. The third kappa shape index (κ3) is 7.53. The van der Waals surface area contributed by atoms with E-state index in [4.69, 9.17) is 27.9 Å². The molecule has 3 atom stereocenters. The van der Waals surface area contributed by atoms with Gasteiger partial charge in [-0.2, -0.15) is 0 Å². The minimum Gasteiger partial charge on any atom is -0.481 e. The minimum atomic E-state index is -1.64. The van der Waals surface area contributed by atoms with Gasteiger partial charge in [-0.3, -0.25) is 33.8 Å². The van der Waals surface area contributed by atoms with Crippen LogP contribution < -0.4 is 10.6 Å². The second-order valence-electron chi connectivity index (χ2n) is 10.1. The van der Waals surface area contributed by atoms with Gasteiger partial charge in [0.15, 0.2) is 12.4 Å². The monoisotopic (exact) mass is 646 g/mol. The van der Waals surface area contributed by atoms with Crippen molar-refractivity contribution in [3.8, 4) is 0 Å². The molecule has 0 aliphatic carbocycles. The summed E-state index contributed by atoms with van der Waals surface area (Å²) >= 11 is 12.0. The third-order valence-corrected chi connectivity index (χ3v) is 7.73. The molecule has 2 aromatic carbocycles. The Balaban J connectivity index is 1.49. The molecule has 13 nitrogen and oxygen atoms in total. The fourth-order valence-corrected chi connectivity index (χ4v) is 5.48. The standard InChI is InChI=1S/C29H28Cl2N4O9/c30-17-8-4-9-18(31)25(17)29(43)44-15-22(36)20(14-24(38)39)33-27(41)21-10-5-13-34-23(37)12-11-19(28(42)35(21)34)32-26(40)16-6-2-1-3-7-16/h1-4,6-9,19-21H,5,10-15H2,(H,32,40)(H,33,41)(H,38,39)/t19-,20?,21?/m0/s1. The largest absolute Gasteiger partial charge is 0.481 e. The number of hydrogen-bond donors (Lipinski definition) is 3. The maximum atomic E-state index is 13.7. The molecule has 232 valence electrons. The van der Waals surface area contributed by atoms with Crippen LogP contribution in [0, 0.1) is 0 Å². The lowest BCUT2D eigenvalue weighted by molar-refractivity contribution is -0.176. The van der Waals surface area contributed by atoms with E-state index in [0.29, 0.717) is 12.0 Å². The first-order valence-corrected chi connectivity index (χ1v) is 14.4. The number of carboxylic acids is 1. The van der Waals surface area contributed by atoms with Crippen molar-refractivity contribution in [2.45, 2.75) is 50.2 Å². The van der Waals surface area contributed by atoms with Gasteiger partial charge in [-0.15, -0.1) is 0 Å². The maximum absolute atomic E-state index is 13.7. The topological polar surface area (TPSA) is 179 Å². The molecule has 2 aromatic rings. The van der Waals surface area contributed by atoms with Crippen LogP contribution in [0.4, 0.5) is 0 Å². The molecule has 2 saturated heterocycles. The van der Waals surface area contributed by atoms with Gasteiger partial charge in [-0.25, -0.2) is 9.80 Å². The normalized spacial score (nSPS) is 18.9. The molecule has 0 bridgehead atoms. The zero-order valence-electron chi connectivity index (χ0n) is 23.2. The lowest BCUT2D eigenvalue weighted by Gasteiger charge is -2.43. The van der Waals surface area contributed by atoms with Crippen LogP contribution in [0.25, 0.3) is 0 Å². The van der Waals surface area contributed by atoms with E-state index in [9.17, 15) is 38.7 Å². The number of benzene rings is 2. The number of carbonyl (C=O) groups is 7. The van der Waals surface area contributed by atoms with Gasteiger partial charge in [0, 0.05) is 18.5 Å². The minimum absolute atomic E-state index is 0.00147. The summed E-state index contributed by atoms with van der Waals surface area (Å²) in [6.07, 6.45) is -0.499. The van der Waals surface area contributed by atoms with Gasteiger partial charge in [0.25, 0.3) is 11.8 Å². The summed E-state index contributed by atoms with van der Waals surface area (Å²) < 4.78 is 5.00. The van der Waals surface area contributed by atoms with E-state index in [1.807, 2.05) is 0 Å². The predicted octanol–water partition coefficient (Wildman–Crippen LogP) is 2.01. The number of hydrazine groups is 1. The van der Waals surface area contributed by atoms with Crippen LogP contribution >= 0.6 is 23.2 Å². The summed E-state index contributed by atoms with van der Waals surface area (Å²) in [4.78, 5) is 89.9. The Morgan fingerprint density at radius 2 is 1.66 bits per heavy atom. The second-order valence-corrected chi connectivity index (χ2v) is 10.9. The maximum Gasteiger partial charge on any atom is 0.341 e. The number of carboxylic acid groups (broad SMARTS) is 1. The molecular weight excluding hydrogens is 619 g/mol. The number of nitrogens with zero attached hydrogens (tertiary/aromatic N) is 2. The number of amides is 4. The molecule has 0 saturated carbocycles. The zero-order chi connectivity index (χ0) is 32.0. The molecule has 3 N–H and O–H groups in total. The smallest absolute Gasteiger partial charge is 0.341 e. The van der Waals surface area contributed by atoms with Gasteiger partial charge in [0.2, 0.25) is 11.8 Å². The van der Waals surface area contributed by atoms with E-state index in [1.54, 1.807) is 30.3 Å². The quantitative estimate of drug-likeness (QED) is 0.325. The summed E-state index contributed by atoms with van der Waals surface area (Å²) in [6, 6.07) is 8.37. The van der Waals surface area contributed by atoms with Crippen molar-refractivity contribution in [3.63, 3.8) is 0 Å². The van der Waals surface area contributed by atoms with E-state index in [-0.39, 0.29) is 41.4 Å². The molecule has 2 aliphatic rings. The number of halogens is 2. The number of ether oxygens (including phenoxy) is 1. The molecule has 2 fully saturated rings. The van der Waals surface area contributed by atoms with Gasteiger partial charge in [-0.1, -0.05) is 47.5 Å². The van der Waals surface area contributed by atoms with Crippen molar-refractivity contribution in [1.29, 1.82) is 0 Å². The molecule has 2 unspecified atom stereocenters. The molecule has 4 rings (SSSR count). The SMILES string of the molecule is O=C(O)CC(NC(=O)C1CCCN2C(=O)CC[C@H](NC(=O)c3ccccc3)C(=O)N12)C(=O)COC(=O)c1c(Cl)cccc1Cl. The highest BCUT2D eigenvalue weighted by atomic mass is 35.5. The number of Topliss-reactive ketones (excluding diaryl/α,β-unsaturated/α-hetero) is 1. The Morgan fingerprint density at radius 1 is 0.977 bits per heavy atom.